The maximum atomic E-state index is 11.6. The highest BCUT2D eigenvalue weighted by molar-refractivity contribution is 5.73. The maximum Gasteiger partial charge on any atom is 0.308 e. The predicted octanol–water partition coefficient (Wildman–Crippen LogP) is 5.49. The van der Waals surface area contributed by atoms with Gasteiger partial charge in [-0.3, -0.25) is 4.79 Å². The number of carbonyl (C=O) groups is 1. The lowest BCUT2D eigenvalue weighted by atomic mass is 9.54. The zero-order valence-electron chi connectivity index (χ0n) is 16.0. The first-order valence-electron chi connectivity index (χ1n) is 10.0. The molecule has 3 heteroatoms. The van der Waals surface area contributed by atoms with Gasteiger partial charge in [-0.2, -0.15) is 0 Å². The summed E-state index contributed by atoms with van der Waals surface area (Å²) >= 11 is 0. The summed E-state index contributed by atoms with van der Waals surface area (Å²) in [5, 5.41) is 0. The van der Waals surface area contributed by atoms with Gasteiger partial charge in [0.1, 0.15) is 12.4 Å². The molecule has 0 bridgehead atoms. The second kappa shape index (κ2) is 7.75. The van der Waals surface area contributed by atoms with E-state index in [-0.39, 0.29) is 11.9 Å². The summed E-state index contributed by atoms with van der Waals surface area (Å²) in [4.78, 5) is 11.6. The Morgan fingerprint density at radius 3 is 2.30 bits per heavy atom. The molecule has 0 aliphatic heterocycles. The summed E-state index contributed by atoms with van der Waals surface area (Å²) in [7, 11) is 1.50. The van der Waals surface area contributed by atoms with Crippen LogP contribution >= 0.6 is 0 Å². The standard InChI is InChI=1S/C24H28O3/c1-26-23(25)21-15-24(16-21)13-11-20(12-14-24)19-7-9-22(10-8-19)27-17-18-5-3-2-4-6-18/h2-10,20-21H,11-17H2,1H3. The van der Waals surface area contributed by atoms with Crippen LogP contribution in [0.15, 0.2) is 54.6 Å². The quantitative estimate of drug-likeness (QED) is 0.658. The molecule has 3 nitrogen and oxygen atoms in total. The minimum absolute atomic E-state index is 0.0196. The van der Waals surface area contributed by atoms with Crippen LogP contribution in [0.4, 0.5) is 0 Å². The van der Waals surface area contributed by atoms with E-state index in [0.29, 0.717) is 17.9 Å². The number of ether oxygens (including phenoxy) is 2. The van der Waals surface area contributed by atoms with E-state index in [1.807, 2.05) is 18.2 Å². The number of carbonyl (C=O) groups excluding carboxylic acids is 1. The van der Waals surface area contributed by atoms with E-state index in [0.717, 1.165) is 18.6 Å². The number of hydrogen-bond donors (Lipinski definition) is 0. The van der Waals surface area contributed by atoms with Crippen molar-refractivity contribution in [1.29, 1.82) is 0 Å². The van der Waals surface area contributed by atoms with Crippen LogP contribution in [-0.2, 0) is 16.1 Å². The third-order valence-corrected chi connectivity index (χ3v) is 6.54. The molecule has 0 radical (unpaired) electrons. The van der Waals surface area contributed by atoms with E-state index >= 15 is 0 Å². The van der Waals surface area contributed by atoms with Gasteiger partial charge in [0.2, 0.25) is 0 Å². The largest absolute Gasteiger partial charge is 0.489 e. The van der Waals surface area contributed by atoms with Gasteiger partial charge < -0.3 is 9.47 Å². The number of hydrogen-bond acceptors (Lipinski definition) is 3. The summed E-state index contributed by atoms with van der Waals surface area (Å²) in [6, 6.07) is 18.9. The molecule has 2 fully saturated rings. The molecule has 0 atom stereocenters. The molecule has 0 saturated heterocycles. The van der Waals surface area contributed by atoms with E-state index in [9.17, 15) is 4.79 Å². The first-order chi connectivity index (χ1) is 13.2. The number of esters is 1. The second-order valence-corrected chi connectivity index (χ2v) is 8.25. The third-order valence-electron chi connectivity index (χ3n) is 6.54. The molecule has 27 heavy (non-hydrogen) atoms. The van der Waals surface area contributed by atoms with Crippen molar-refractivity contribution in [2.24, 2.45) is 11.3 Å². The van der Waals surface area contributed by atoms with Gasteiger partial charge in [-0.15, -0.1) is 0 Å². The molecule has 0 heterocycles. The molecule has 0 N–H and O–H groups in total. The Morgan fingerprint density at radius 1 is 1.00 bits per heavy atom. The van der Waals surface area contributed by atoms with Gasteiger partial charge in [-0.1, -0.05) is 42.5 Å². The molecule has 2 aromatic carbocycles. The SMILES string of the molecule is COC(=O)C1CC2(CCC(c3ccc(OCc4ccccc4)cc3)CC2)C1. The van der Waals surface area contributed by atoms with Gasteiger partial charge in [0.25, 0.3) is 0 Å². The molecule has 0 amide bonds. The summed E-state index contributed by atoms with van der Waals surface area (Å²) in [6.45, 7) is 0.605. The fourth-order valence-corrected chi connectivity index (χ4v) is 4.87. The van der Waals surface area contributed by atoms with Crippen molar-refractivity contribution in [1.82, 2.24) is 0 Å². The van der Waals surface area contributed by atoms with Crippen LogP contribution in [-0.4, -0.2) is 13.1 Å². The zero-order chi connectivity index (χ0) is 18.7. The van der Waals surface area contributed by atoms with Gasteiger partial charge in [-0.05, 0) is 73.1 Å². The molecule has 4 rings (SSSR count). The highest BCUT2D eigenvalue weighted by Gasteiger charge is 2.49. The first kappa shape index (κ1) is 18.1. The number of benzene rings is 2. The minimum atomic E-state index is -0.0196. The van der Waals surface area contributed by atoms with Crippen LogP contribution in [0.2, 0.25) is 0 Å². The molecule has 142 valence electrons. The van der Waals surface area contributed by atoms with Crippen LogP contribution in [0.5, 0.6) is 5.75 Å². The van der Waals surface area contributed by atoms with Crippen molar-refractivity contribution in [3.05, 3.63) is 65.7 Å². The Hall–Kier alpha value is -2.29. The fourth-order valence-electron chi connectivity index (χ4n) is 4.87. The van der Waals surface area contributed by atoms with Crippen molar-refractivity contribution in [2.45, 2.75) is 51.0 Å². The molecule has 1 spiro atoms. The lowest BCUT2D eigenvalue weighted by Gasteiger charge is -2.50. The molecule has 2 aromatic rings. The average molecular weight is 364 g/mol. The molecule has 2 aliphatic rings. The van der Waals surface area contributed by atoms with Crippen molar-refractivity contribution in [2.75, 3.05) is 7.11 Å². The maximum absolute atomic E-state index is 11.6. The number of methoxy groups -OCH3 is 1. The van der Waals surface area contributed by atoms with E-state index in [2.05, 4.69) is 36.4 Å². The van der Waals surface area contributed by atoms with E-state index in [1.54, 1.807) is 0 Å². The Labute approximate surface area is 161 Å². The van der Waals surface area contributed by atoms with Gasteiger partial charge in [0.05, 0.1) is 13.0 Å². The predicted molar refractivity (Wildman–Crippen MR) is 106 cm³/mol. The highest BCUT2D eigenvalue weighted by atomic mass is 16.5. The van der Waals surface area contributed by atoms with Crippen LogP contribution in [0.25, 0.3) is 0 Å². The Morgan fingerprint density at radius 2 is 1.67 bits per heavy atom. The van der Waals surface area contributed by atoms with Crippen LogP contribution in [0.3, 0.4) is 0 Å². The molecular formula is C24H28O3. The monoisotopic (exact) mass is 364 g/mol. The van der Waals surface area contributed by atoms with E-state index in [1.165, 1.54) is 43.9 Å². The molecule has 0 aromatic heterocycles. The summed E-state index contributed by atoms with van der Waals surface area (Å²) in [6.07, 6.45) is 6.96. The third kappa shape index (κ3) is 4.02. The van der Waals surface area contributed by atoms with Crippen molar-refractivity contribution >= 4 is 5.97 Å². The lowest BCUT2D eigenvalue weighted by Crippen LogP contribution is -2.43. The van der Waals surface area contributed by atoms with Crippen LogP contribution < -0.4 is 4.74 Å². The topological polar surface area (TPSA) is 35.5 Å². The summed E-state index contributed by atoms with van der Waals surface area (Å²) in [5.41, 5.74) is 3.01. The van der Waals surface area contributed by atoms with Gasteiger partial charge in [0.15, 0.2) is 0 Å². The second-order valence-electron chi connectivity index (χ2n) is 8.25. The first-order valence-corrected chi connectivity index (χ1v) is 10.0. The van der Waals surface area contributed by atoms with Crippen LogP contribution in [0.1, 0.15) is 55.6 Å². The van der Waals surface area contributed by atoms with Crippen molar-refractivity contribution in [3.63, 3.8) is 0 Å². The zero-order valence-corrected chi connectivity index (χ0v) is 16.0. The molecular weight excluding hydrogens is 336 g/mol. The summed E-state index contributed by atoms with van der Waals surface area (Å²) in [5.74, 6) is 1.69. The van der Waals surface area contributed by atoms with Gasteiger partial charge in [-0.25, -0.2) is 0 Å². The minimum Gasteiger partial charge on any atom is -0.489 e. The normalized spacial score (nSPS) is 27.0. The smallest absolute Gasteiger partial charge is 0.308 e. The van der Waals surface area contributed by atoms with E-state index < -0.39 is 0 Å². The highest BCUT2D eigenvalue weighted by Crippen LogP contribution is 2.57. The van der Waals surface area contributed by atoms with Crippen molar-refractivity contribution in [3.8, 4) is 5.75 Å². The van der Waals surface area contributed by atoms with Gasteiger partial charge >= 0.3 is 5.97 Å². The molecule has 0 unspecified atom stereocenters. The van der Waals surface area contributed by atoms with Gasteiger partial charge in [0, 0.05) is 0 Å². The van der Waals surface area contributed by atoms with Crippen molar-refractivity contribution < 1.29 is 14.3 Å². The Balaban J connectivity index is 1.27. The average Bonchev–Trinajstić information content (AvgIpc) is 2.71. The molecule has 2 saturated carbocycles. The Kier molecular flexibility index (Phi) is 5.20. The van der Waals surface area contributed by atoms with E-state index in [4.69, 9.17) is 9.47 Å². The number of rotatable bonds is 5. The Bertz CT molecular complexity index is 750. The fraction of sp³-hybridized carbons (Fsp3) is 0.458. The molecule has 2 aliphatic carbocycles. The summed E-state index contributed by atoms with van der Waals surface area (Å²) < 4.78 is 10.8. The lowest BCUT2D eigenvalue weighted by molar-refractivity contribution is -0.155. The van der Waals surface area contributed by atoms with Crippen LogP contribution in [0, 0.1) is 11.3 Å².